The Morgan fingerprint density at radius 1 is 1.45 bits per heavy atom. The van der Waals surface area contributed by atoms with Gasteiger partial charge >= 0.3 is 5.97 Å². The SMILES string of the molecule is CCOC(=O)C(C)(CCN(C)CC(C)CC)NC1CC1. The summed E-state index contributed by atoms with van der Waals surface area (Å²) in [4.78, 5) is 14.5. The summed E-state index contributed by atoms with van der Waals surface area (Å²) in [7, 11) is 2.13. The Morgan fingerprint density at radius 2 is 2.10 bits per heavy atom. The number of hydrogen-bond acceptors (Lipinski definition) is 4. The van der Waals surface area contributed by atoms with Gasteiger partial charge < -0.3 is 9.64 Å². The quantitative estimate of drug-likeness (QED) is 0.626. The van der Waals surface area contributed by atoms with Gasteiger partial charge in [-0.2, -0.15) is 0 Å². The molecule has 0 aromatic rings. The van der Waals surface area contributed by atoms with Gasteiger partial charge in [0.15, 0.2) is 0 Å². The maximum Gasteiger partial charge on any atom is 0.326 e. The molecule has 20 heavy (non-hydrogen) atoms. The van der Waals surface area contributed by atoms with Crippen molar-refractivity contribution in [1.82, 2.24) is 10.2 Å². The van der Waals surface area contributed by atoms with Crippen LogP contribution >= 0.6 is 0 Å². The molecule has 0 aromatic carbocycles. The number of ether oxygens (including phenoxy) is 1. The van der Waals surface area contributed by atoms with E-state index in [1.165, 1.54) is 19.3 Å². The van der Waals surface area contributed by atoms with E-state index in [-0.39, 0.29) is 5.97 Å². The summed E-state index contributed by atoms with van der Waals surface area (Å²) in [6.07, 6.45) is 4.35. The van der Waals surface area contributed by atoms with Gasteiger partial charge in [0.05, 0.1) is 6.61 Å². The highest BCUT2D eigenvalue weighted by atomic mass is 16.5. The third kappa shape index (κ3) is 5.80. The first-order valence-electron chi connectivity index (χ1n) is 8.04. The van der Waals surface area contributed by atoms with Gasteiger partial charge in [-0.25, -0.2) is 0 Å². The summed E-state index contributed by atoms with van der Waals surface area (Å²) in [6.45, 7) is 10.8. The van der Waals surface area contributed by atoms with Crippen molar-refractivity contribution in [3.63, 3.8) is 0 Å². The summed E-state index contributed by atoms with van der Waals surface area (Å²) >= 11 is 0. The highest BCUT2D eigenvalue weighted by Crippen LogP contribution is 2.25. The largest absolute Gasteiger partial charge is 0.465 e. The number of carbonyl (C=O) groups is 1. The fourth-order valence-corrected chi connectivity index (χ4v) is 2.37. The third-order valence-corrected chi connectivity index (χ3v) is 4.14. The standard InChI is InChI=1S/C16H32N2O2/c1-6-13(3)12-18(5)11-10-16(4,15(19)20-7-2)17-14-8-9-14/h13-14,17H,6-12H2,1-5H3. The monoisotopic (exact) mass is 284 g/mol. The van der Waals surface area contributed by atoms with Crippen molar-refractivity contribution in [3.05, 3.63) is 0 Å². The van der Waals surface area contributed by atoms with E-state index in [2.05, 4.69) is 31.1 Å². The minimum Gasteiger partial charge on any atom is -0.465 e. The first-order valence-corrected chi connectivity index (χ1v) is 8.04. The highest BCUT2D eigenvalue weighted by Gasteiger charge is 2.39. The minimum atomic E-state index is -0.541. The van der Waals surface area contributed by atoms with Crippen LogP contribution in [-0.2, 0) is 9.53 Å². The van der Waals surface area contributed by atoms with Crippen LogP contribution in [0.4, 0.5) is 0 Å². The molecule has 1 fully saturated rings. The van der Waals surface area contributed by atoms with Gasteiger partial charge in [0.1, 0.15) is 5.54 Å². The van der Waals surface area contributed by atoms with Crippen LogP contribution in [0.2, 0.25) is 0 Å². The van der Waals surface area contributed by atoms with Crippen molar-refractivity contribution in [2.24, 2.45) is 5.92 Å². The molecule has 0 radical (unpaired) electrons. The van der Waals surface area contributed by atoms with Crippen LogP contribution in [0.1, 0.15) is 53.4 Å². The summed E-state index contributed by atoms with van der Waals surface area (Å²) in [5.74, 6) is 0.592. The lowest BCUT2D eigenvalue weighted by atomic mass is 9.97. The van der Waals surface area contributed by atoms with E-state index < -0.39 is 5.54 Å². The molecule has 0 spiro atoms. The Bertz CT molecular complexity index is 305. The normalized spacial score (nSPS) is 19.7. The molecule has 0 amide bonds. The van der Waals surface area contributed by atoms with Gasteiger partial charge in [-0.3, -0.25) is 10.1 Å². The van der Waals surface area contributed by atoms with Gasteiger partial charge in [0.2, 0.25) is 0 Å². The van der Waals surface area contributed by atoms with Gasteiger partial charge in [-0.1, -0.05) is 20.3 Å². The lowest BCUT2D eigenvalue weighted by Gasteiger charge is -2.31. The zero-order valence-corrected chi connectivity index (χ0v) is 13.9. The number of rotatable bonds is 10. The van der Waals surface area contributed by atoms with Crippen LogP contribution in [0.25, 0.3) is 0 Å². The average molecular weight is 284 g/mol. The van der Waals surface area contributed by atoms with Gasteiger partial charge in [0, 0.05) is 19.1 Å². The van der Waals surface area contributed by atoms with Crippen molar-refractivity contribution in [2.45, 2.75) is 65.0 Å². The number of carbonyl (C=O) groups excluding carboxylic acids is 1. The van der Waals surface area contributed by atoms with E-state index in [9.17, 15) is 4.79 Å². The zero-order valence-electron chi connectivity index (χ0n) is 13.9. The van der Waals surface area contributed by atoms with Crippen LogP contribution in [0.15, 0.2) is 0 Å². The number of hydrogen-bond donors (Lipinski definition) is 1. The lowest BCUT2D eigenvalue weighted by Crippen LogP contribution is -2.53. The maximum atomic E-state index is 12.2. The van der Waals surface area contributed by atoms with E-state index in [1.807, 2.05) is 13.8 Å². The average Bonchev–Trinajstić information content (AvgIpc) is 3.20. The van der Waals surface area contributed by atoms with Crippen molar-refractivity contribution >= 4 is 5.97 Å². The fourth-order valence-electron chi connectivity index (χ4n) is 2.37. The second-order valence-electron chi connectivity index (χ2n) is 6.50. The van der Waals surface area contributed by atoms with E-state index in [4.69, 9.17) is 4.74 Å². The van der Waals surface area contributed by atoms with Gasteiger partial charge in [0.25, 0.3) is 0 Å². The summed E-state index contributed by atoms with van der Waals surface area (Å²) in [5, 5.41) is 3.47. The van der Waals surface area contributed by atoms with Gasteiger partial charge in [-0.05, 0) is 46.1 Å². The van der Waals surface area contributed by atoms with Crippen LogP contribution in [0.3, 0.4) is 0 Å². The molecule has 2 unspecified atom stereocenters. The summed E-state index contributed by atoms with van der Waals surface area (Å²) in [5.41, 5.74) is -0.541. The van der Waals surface area contributed by atoms with Gasteiger partial charge in [-0.15, -0.1) is 0 Å². The molecule has 1 aliphatic carbocycles. The molecule has 1 rings (SSSR count). The molecular formula is C16H32N2O2. The van der Waals surface area contributed by atoms with Crippen LogP contribution in [0.5, 0.6) is 0 Å². The zero-order chi connectivity index (χ0) is 15.2. The Balaban J connectivity index is 2.48. The van der Waals surface area contributed by atoms with Crippen molar-refractivity contribution in [3.8, 4) is 0 Å². The fraction of sp³-hybridized carbons (Fsp3) is 0.938. The predicted molar refractivity (Wildman–Crippen MR) is 82.8 cm³/mol. The smallest absolute Gasteiger partial charge is 0.326 e. The molecule has 118 valence electrons. The molecule has 0 aromatic heterocycles. The van der Waals surface area contributed by atoms with E-state index in [1.54, 1.807) is 0 Å². The second kappa shape index (κ2) is 7.99. The Kier molecular flexibility index (Phi) is 6.96. The Hall–Kier alpha value is -0.610. The van der Waals surface area contributed by atoms with Crippen LogP contribution in [0, 0.1) is 5.92 Å². The molecule has 0 bridgehead atoms. The Labute approximate surface area is 124 Å². The summed E-state index contributed by atoms with van der Waals surface area (Å²) < 4.78 is 5.25. The molecule has 4 nitrogen and oxygen atoms in total. The molecule has 0 saturated heterocycles. The number of esters is 1. The van der Waals surface area contributed by atoms with Crippen LogP contribution < -0.4 is 5.32 Å². The predicted octanol–water partition coefficient (Wildman–Crippen LogP) is 2.43. The molecular weight excluding hydrogens is 252 g/mol. The first-order chi connectivity index (χ1) is 9.41. The van der Waals surface area contributed by atoms with Crippen molar-refractivity contribution < 1.29 is 9.53 Å². The first kappa shape index (κ1) is 17.4. The summed E-state index contributed by atoms with van der Waals surface area (Å²) in [6, 6.07) is 0.504. The van der Waals surface area contributed by atoms with Crippen molar-refractivity contribution in [2.75, 3.05) is 26.7 Å². The molecule has 2 atom stereocenters. The minimum absolute atomic E-state index is 0.108. The van der Waals surface area contributed by atoms with E-state index in [0.717, 1.165) is 19.5 Å². The molecule has 0 heterocycles. The molecule has 1 saturated carbocycles. The molecule has 1 N–H and O–H groups in total. The second-order valence-corrected chi connectivity index (χ2v) is 6.50. The molecule has 0 aliphatic heterocycles. The molecule has 4 heteroatoms. The van der Waals surface area contributed by atoms with E-state index >= 15 is 0 Å². The maximum absolute atomic E-state index is 12.2. The highest BCUT2D eigenvalue weighted by molar-refractivity contribution is 5.80. The third-order valence-electron chi connectivity index (χ3n) is 4.14. The topological polar surface area (TPSA) is 41.6 Å². The Morgan fingerprint density at radius 3 is 2.60 bits per heavy atom. The van der Waals surface area contributed by atoms with Crippen molar-refractivity contribution in [1.29, 1.82) is 0 Å². The number of nitrogens with one attached hydrogen (secondary N) is 1. The van der Waals surface area contributed by atoms with E-state index in [0.29, 0.717) is 18.6 Å². The van der Waals surface area contributed by atoms with Crippen LogP contribution in [-0.4, -0.2) is 49.2 Å². The lowest BCUT2D eigenvalue weighted by molar-refractivity contribution is -0.151. The molecule has 1 aliphatic rings. The number of nitrogens with zero attached hydrogens (tertiary/aromatic N) is 1.